The van der Waals surface area contributed by atoms with Gasteiger partial charge in [0.15, 0.2) is 5.78 Å². The van der Waals surface area contributed by atoms with Crippen LogP contribution in [0.15, 0.2) is 42.5 Å². The molecule has 0 aliphatic heterocycles. The predicted molar refractivity (Wildman–Crippen MR) is 166 cm³/mol. The number of aliphatic hydroxyl groups is 1. The maximum atomic E-state index is 12.4. The van der Waals surface area contributed by atoms with Gasteiger partial charge < -0.3 is 9.84 Å². The molecule has 0 heterocycles. The minimum atomic E-state index is -0.559. The Morgan fingerprint density at radius 1 is 0.744 bits per heavy atom. The molecule has 2 aromatic carbocycles. The number of carbonyl (C=O) groups is 1. The third-order valence-electron chi connectivity index (χ3n) is 7.45. The summed E-state index contributed by atoms with van der Waals surface area (Å²) in [6.07, 6.45) is 20.2. The van der Waals surface area contributed by atoms with Crippen molar-refractivity contribution in [3.05, 3.63) is 58.6 Å². The zero-order valence-electron chi connectivity index (χ0n) is 25.1. The molecule has 39 heavy (non-hydrogen) atoms. The normalized spacial score (nSPS) is 12.5. The lowest BCUT2D eigenvalue weighted by atomic mass is 9.86. The Balaban J connectivity index is 1.60. The lowest BCUT2D eigenvalue weighted by Gasteiger charge is -2.17. The first-order valence-corrected chi connectivity index (χ1v) is 15.9. The van der Waals surface area contributed by atoms with Crippen molar-refractivity contribution in [1.29, 1.82) is 0 Å². The van der Waals surface area contributed by atoms with E-state index in [0.29, 0.717) is 22.1 Å². The van der Waals surface area contributed by atoms with Gasteiger partial charge in [-0.1, -0.05) is 142 Å². The topological polar surface area (TPSA) is 46.5 Å². The number of hydrogen-bond acceptors (Lipinski definition) is 3. The van der Waals surface area contributed by atoms with Crippen molar-refractivity contribution in [3.8, 4) is 11.5 Å². The molecule has 1 unspecified atom stereocenters. The van der Waals surface area contributed by atoms with Gasteiger partial charge in [-0.25, -0.2) is 0 Å². The van der Waals surface area contributed by atoms with Gasteiger partial charge in [-0.3, -0.25) is 4.79 Å². The van der Waals surface area contributed by atoms with Crippen molar-refractivity contribution >= 4 is 17.4 Å². The van der Waals surface area contributed by atoms with Crippen LogP contribution in [-0.4, -0.2) is 10.9 Å². The molecule has 2 rings (SSSR count). The molecule has 0 aromatic heterocycles. The first-order valence-electron chi connectivity index (χ1n) is 15.5. The number of carbonyl (C=O) groups excluding carboxylic acids is 1. The first-order chi connectivity index (χ1) is 18.7. The Morgan fingerprint density at radius 3 is 1.67 bits per heavy atom. The molecule has 2 aromatic rings. The molecule has 1 atom stereocenters. The molecular weight excluding hydrogens is 504 g/mol. The molecule has 0 amide bonds. The number of ether oxygens (including phenoxy) is 1. The second-order valence-electron chi connectivity index (χ2n) is 12.1. The molecule has 4 heteroatoms. The molecule has 0 saturated carbocycles. The maximum Gasteiger partial charge on any atom is 0.168 e. The highest BCUT2D eigenvalue weighted by atomic mass is 35.5. The van der Waals surface area contributed by atoms with E-state index in [9.17, 15) is 9.90 Å². The molecule has 0 spiro atoms. The van der Waals surface area contributed by atoms with Gasteiger partial charge in [0, 0.05) is 11.0 Å². The van der Waals surface area contributed by atoms with Crippen LogP contribution in [0.25, 0.3) is 0 Å². The van der Waals surface area contributed by atoms with Gasteiger partial charge >= 0.3 is 0 Å². The SMILES string of the molecule is CCCCCCCCCCCCCCCCCC(O)c1ccc(Oc2ccc(C(=O)C(C)(C)C)cc2)cc1Cl. The van der Waals surface area contributed by atoms with Crippen molar-refractivity contribution < 1.29 is 14.6 Å². The van der Waals surface area contributed by atoms with E-state index < -0.39 is 11.5 Å². The third kappa shape index (κ3) is 13.4. The number of Topliss-reactive ketones (excluding diaryl/α,β-unsaturated/α-hetero) is 1. The number of ketones is 1. The molecule has 0 aliphatic rings. The lowest BCUT2D eigenvalue weighted by Crippen LogP contribution is -2.19. The second-order valence-corrected chi connectivity index (χ2v) is 12.6. The Morgan fingerprint density at radius 2 is 1.21 bits per heavy atom. The van der Waals surface area contributed by atoms with Crippen LogP contribution >= 0.6 is 11.6 Å². The standard InChI is InChI=1S/C35H53ClO3/c1-5-6-7-8-9-10-11-12-13-14-15-16-17-18-19-20-33(37)31-26-25-30(27-32(31)36)39-29-23-21-28(22-24-29)34(38)35(2,3)4/h21-27,33,37H,5-20H2,1-4H3. The quantitative estimate of drug-likeness (QED) is 0.130. The molecule has 0 fully saturated rings. The summed E-state index contributed by atoms with van der Waals surface area (Å²) >= 11 is 6.49. The lowest BCUT2D eigenvalue weighted by molar-refractivity contribution is 0.0858. The Hall–Kier alpha value is -1.84. The molecule has 3 nitrogen and oxygen atoms in total. The van der Waals surface area contributed by atoms with E-state index in [-0.39, 0.29) is 5.78 Å². The van der Waals surface area contributed by atoms with E-state index in [2.05, 4.69) is 6.92 Å². The summed E-state index contributed by atoms with van der Waals surface area (Å²) in [4.78, 5) is 12.4. The Kier molecular flexibility index (Phi) is 15.8. The fraction of sp³-hybridized carbons (Fsp3) is 0.629. The average Bonchev–Trinajstić information content (AvgIpc) is 2.90. The van der Waals surface area contributed by atoms with Crippen molar-refractivity contribution in [2.24, 2.45) is 5.41 Å². The molecule has 0 radical (unpaired) electrons. The summed E-state index contributed by atoms with van der Waals surface area (Å²) in [5.41, 5.74) is 1.00. The van der Waals surface area contributed by atoms with Crippen molar-refractivity contribution in [3.63, 3.8) is 0 Å². The number of rotatable bonds is 20. The van der Waals surface area contributed by atoms with Gasteiger partial charge in [-0.15, -0.1) is 0 Å². The summed E-state index contributed by atoms with van der Waals surface area (Å²) < 4.78 is 5.93. The van der Waals surface area contributed by atoms with E-state index in [1.165, 1.54) is 83.5 Å². The summed E-state index contributed by atoms with van der Waals surface area (Å²) in [5.74, 6) is 1.35. The smallest absolute Gasteiger partial charge is 0.168 e. The van der Waals surface area contributed by atoms with Crippen LogP contribution in [-0.2, 0) is 0 Å². The summed E-state index contributed by atoms with van der Waals surface area (Å²) in [6.45, 7) is 8.02. The Labute approximate surface area is 243 Å². The molecule has 1 N–H and O–H groups in total. The number of unbranched alkanes of at least 4 members (excludes halogenated alkanes) is 14. The number of halogens is 1. The number of aliphatic hydroxyl groups excluding tert-OH is 1. The van der Waals surface area contributed by atoms with E-state index in [1.807, 2.05) is 32.9 Å². The monoisotopic (exact) mass is 556 g/mol. The minimum absolute atomic E-state index is 0.101. The highest BCUT2D eigenvalue weighted by molar-refractivity contribution is 6.31. The van der Waals surface area contributed by atoms with Crippen LogP contribution in [0.5, 0.6) is 11.5 Å². The van der Waals surface area contributed by atoms with Crippen LogP contribution in [0.2, 0.25) is 5.02 Å². The van der Waals surface area contributed by atoms with Crippen LogP contribution in [0.1, 0.15) is 152 Å². The Bertz CT molecular complexity index is 945. The zero-order valence-corrected chi connectivity index (χ0v) is 25.8. The zero-order chi connectivity index (χ0) is 28.5. The van der Waals surface area contributed by atoms with Crippen LogP contribution in [0, 0.1) is 5.41 Å². The van der Waals surface area contributed by atoms with Crippen molar-refractivity contribution in [1.82, 2.24) is 0 Å². The third-order valence-corrected chi connectivity index (χ3v) is 7.77. The summed E-state index contributed by atoms with van der Waals surface area (Å²) in [6, 6.07) is 12.6. The van der Waals surface area contributed by atoms with Crippen LogP contribution < -0.4 is 4.74 Å². The van der Waals surface area contributed by atoms with Crippen LogP contribution in [0.4, 0.5) is 0 Å². The van der Waals surface area contributed by atoms with E-state index in [1.54, 1.807) is 30.3 Å². The summed E-state index contributed by atoms with van der Waals surface area (Å²) in [7, 11) is 0. The van der Waals surface area contributed by atoms with E-state index in [4.69, 9.17) is 16.3 Å². The van der Waals surface area contributed by atoms with Gasteiger partial charge in [-0.2, -0.15) is 0 Å². The molecule has 0 saturated heterocycles. The highest BCUT2D eigenvalue weighted by Gasteiger charge is 2.22. The fourth-order valence-electron chi connectivity index (χ4n) is 4.95. The number of benzene rings is 2. The van der Waals surface area contributed by atoms with E-state index in [0.717, 1.165) is 24.8 Å². The van der Waals surface area contributed by atoms with E-state index >= 15 is 0 Å². The number of hydrogen-bond donors (Lipinski definition) is 1. The van der Waals surface area contributed by atoms with Crippen molar-refractivity contribution in [2.75, 3.05) is 0 Å². The van der Waals surface area contributed by atoms with Crippen molar-refractivity contribution in [2.45, 2.75) is 137 Å². The molecule has 218 valence electrons. The largest absolute Gasteiger partial charge is 0.457 e. The molecular formula is C35H53ClO3. The van der Waals surface area contributed by atoms with Gasteiger partial charge in [-0.05, 0) is 48.4 Å². The summed E-state index contributed by atoms with van der Waals surface area (Å²) in [5, 5.41) is 11.2. The van der Waals surface area contributed by atoms with Gasteiger partial charge in [0.25, 0.3) is 0 Å². The highest BCUT2D eigenvalue weighted by Crippen LogP contribution is 2.32. The van der Waals surface area contributed by atoms with Gasteiger partial charge in [0.1, 0.15) is 11.5 Å². The average molecular weight is 557 g/mol. The predicted octanol–water partition coefficient (Wildman–Crippen LogP) is 11.7. The first kappa shape index (κ1) is 33.4. The molecule has 0 aliphatic carbocycles. The molecule has 0 bridgehead atoms. The minimum Gasteiger partial charge on any atom is -0.457 e. The van der Waals surface area contributed by atoms with Crippen LogP contribution in [0.3, 0.4) is 0 Å². The maximum absolute atomic E-state index is 12.4. The van der Waals surface area contributed by atoms with Gasteiger partial charge in [0.05, 0.1) is 11.1 Å². The van der Waals surface area contributed by atoms with Gasteiger partial charge in [0.2, 0.25) is 0 Å². The second kappa shape index (κ2) is 18.5. The fourth-order valence-corrected chi connectivity index (χ4v) is 5.25.